The first-order valence-electron chi connectivity index (χ1n) is 39.6. The molecule has 4 unspecified atom stereocenters. The van der Waals surface area contributed by atoms with Gasteiger partial charge in [-0.15, -0.1) is 0 Å². The molecule has 540 valence electrons. The molecule has 4 aromatic rings. The first-order chi connectivity index (χ1) is 44.1. The summed E-state index contributed by atoms with van der Waals surface area (Å²) in [5, 5.41) is 0. The Kier molecular flexibility index (Phi) is 85.2. The van der Waals surface area contributed by atoms with E-state index < -0.39 is 0 Å². The molecule has 0 spiro atoms. The Balaban J connectivity index is -0.000000225. The van der Waals surface area contributed by atoms with Crippen molar-refractivity contribution in [1.82, 2.24) is 0 Å². The smallest absolute Gasteiger partial charge is 0.0468 e. The summed E-state index contributed by atoms with van der Waals surface area (Å²) in [6, 6.07) is 35.3. The second-order valence-electron chi connectivity index (χ2n) is 27.4. The Hall–Kier alpha value is -3.20. The maximum absolute atomic E-state index is 5.31. The Bertz CT molecular complexity index is 1840. The lowest BCUT2D eigenvalue weighted by Gasteiger charge is -2.17. The lowest BCUT2D eigenvalue weighted by atomic mass is 9.89. The van der Waals surface area contributed by atoms with E-state index in [2.05, 4.69) is 277 Å². The third-order valence-electron chi connectivity index (χ3n) is 17.1. The van der Waals surface area contributed by atoms with Gasteiger partial charge in [-0.3, -0.25) is 0 Å². The lowest BCUT2D eigenvalue weighted by molar-refractivity contribution is 0.128. The van der Waals surface area contributed by atoms with Crippen LogP contribution in [0, 0.1) is 41.4 Å². The van der Waals surface area contributed by atoms with Gasteiger partial charge in [-0.2, -0.15) is 0 Å². The normalized spacial score (nSPS) is 11.5. The van der Waals surface area contributed by atoms with Crippen LogP contribution in [0.5, 0.6) is 0 Å². The van der Waals surface area contributed by atoms with Gasteiger partial charge in [-0.25, -0.2) is 0 Å². The molecule has 0 heterocycles. The summed E-state index contributed by atoms with van der Waals surface area (Å²) >= 11 is 0. The monoisotopic (exact) mass is 1280 g/mol. The minimum atomic E-state index is 0.779. The topological polar surface area (TPSA) is 18.5 Å². The summed E-state index contributed by atoms with van der Waals surface area (Å²) in [5.74, 6) is 6.26. The number of hydrogen-bond acceptors (Lipinski definition) is 2. The SMILES string of the molecule is CCC(C)CCC(C)C(C)C.CCCC(C)C.CCCC(C)CCC(C)CC.CCCCC.CCCCOCCCC.CCCc1ccc(CCC)cc1.CCOCCC(C)C.CCc1ccc(CC)cc1.CCc1cccc(CC)c1.CCc1ccccc1CC. The van der Waals surface area contributed by atoms with Crippen molar-refractivity contribution in [1.29, 1.82) is 0 Å². The van der Waals surface area contributed by atoms with E-state index >= 15 is 0 Å². The van der Waals surface area contributed by atoms with Gasteiger partial charge in [0.15, 0.2) is 0 Å². The van der Waals surface area contributed by atoms with Crippen molar-refractivity contribution < 1.29 is 9.47 Å². The van der Waals surface area contributed by atoms with Gasteiger partial charge in [-0.05, 0) is 163 Å². The molecule has 2 heteroatoms. The van der Waals surface area contributed by atoms with Crippen molar-refractivity contribution in [2.24, 2.45) is 41.4 Å². The van der Waals surface area contributed by atoms with Gasteiger partial charge in [0.2, 0.25) is 0 Å². The molecule has 92 heavy (non-hydrogen) atoms. The van der Waals surface area contributed by atoms with Crippen molar-refractivity contribution in [3.8, 4) is 0 Å². The standard InChI is InChI=1S/C12H18.2C11H24.3C10H14.C8H18O.C7H16O.C6H14.C5H12/c1-3-5-11-7-9-12(6-4-2)10-8-11;1-6-10(4)7-8-11(5)9(2)3;1-5-7-11(4)9-8-10(3)6-2;1-3-9-5-7-10(4-2)8-6-9;1-3-9-6-5-7-10(4-2)8-9;1-3-9-7-5-6-8-10(9)4-2;1-3-5-7-9-8-6-4-2;1-4-8-6-5-7(2)3;1-4-5-6(2)3;1-3-5-4-2/h7-10H,3-6H2,1-2H3;9-11H,6-8H2,1-5H3;10-11H,5-9H2,1-4H3;3*5-8H,3-4H2,1-2H3;3-8H2,1-2H3;7H,4-6H2,1-3H3;6H,4-5H2,1-3H3;3-5H2,1-2H3. The van der Waals surface area contributed by atoms with Crippen LogP contribution in [0.4, 0.5) is 0 Å². The minimum Gasteiger partial charge on any atom is -0.382 e. The molecule has 4 rings (SSSR count). The fourth-order valence-electron chi connectivity index (χ4n) is 9.26. The number of unbranched alkanes of at least 4 members (excludes halogenated alkanes) is 4. The number of rotatable bonds is 35. The van der Waals surface area contributed by atoms with Crippen LogP contribution in [0.15, 0.2) is 97.1 Å². The van der Waals surface area contributed by atoms with Gasteiger partial charge < -0.3 is 9.47 Å². The summed E-state index contributed by atoms with van der Waals surface area (Å²) in [6.45, 7) is 64.2. The number of benzene rings is 4. The van der Waals surface area contributed by atoms with Crippen LogP contribution in [-0.4, -0.2) is 26.4 Å². The minimum absolute atomic E-state index is 0.779. The second-order valence-corrected chi connectivity index (χ2v) is 27.4. The van der Waals surface area contributed by atoms with Gasteiger partial charge in [0.25, 0.3) is 0 Å². The third kappa shape index (κ3) is 74.2. The third-order valence-corrected chi connectivity index (χ3v) is 17.1. The summed E-state index contributed by atoms with van der Waals surface area (Å²) in [4.78, 5) is 0. The van der Waals surface area contributed by atoms with Crippen LogP contribution in [-0.2, 0) is 60.8 Å². The maximum Gasteiger partial charge on any atom is 0.0468 e. The predicted molar refractivity (Wildman–Crippen MR) is 427 cm³/mol. The molecule has 0 radical (unpaired) electrons. The van der Waals surface area contributed by atoms with Crippen LogP contribution in [0.2, 0.25) is 0 Å². The molecule has 2 nitrogen and oxygen atoms in total. The van der Waals surface area contributed by atoms with Crippen molar-refractivity contribution in [3.05, 3.63) is 142 Å². The summed E-state index contributed by atoms with van der Waals surface area (Å²) in [6.07, 6.45) is 35.8. The van der Waals surface area contributed by atoms with E-state index in [1.54, 1.807) is 0 Å². The molecule has 0 aliphatic heterocycles. The van der Waals surface area contributed by atoms with E-state index in [1.807, 2.05) is 6.92 Å². The molecule has 0 saturated carbocycles. The van der Waals surface area contributed by atoms with E-state index in [0.29, 0.717) is 0 Å². The molecule has 0 aliphatic rings. The van der Waals surface area contributed by atoms with E-state index in [-0.39, 0.29) is 0 Å². The molecular weight excluding hydrogens is 1110 g/mol. The van der Waals surface area contributed by atoms with Crippen molar-refractivity contribution in [2.75, 3.05) is 26.4 Å². The van der Waals surface area contributed by atoms with E-state index in [4.69, 9.17) is 9.47 Å². The molecule has 0 aromatic heterocycles. The van der Waals surface area contributed by atoms with Crippen molar-refractivity contribution in [3.63, 3.8) is 0 Å². The molecular formula is C90H168O2. The fourth-order valence-corrected chi connectivity index (χ4v) is 9.26. The van der Waals surface area contributed by atoms with E-state index in [0.717, 1.165) is 106 Å². The van der Waals surface area contributed by atoms with Crippen LogP contribution >= 0.6 is 0 Å². The molecule has 4 atom stereocenters. The molecule has 0 aliphatic carbocycles. The van der Waals surface area contributed by atoms with Crippen LogP contribution in [0.1, 0.15) is 360 Å². The average molecular weight is 1280 g/mol. The fraction of sp³-hybridized carbons (Fsp3) is 0.733. The zero-order valence-electron chi connectivity index (χ0n) is 67.7. The van der Waals surface area contributed by atoms with Gasteiger partial charge in [0.1, 0.15) is 0 Å². The summed E-state index contributed by atoms with van der Waals surface area (Å²) in [5.41, 5.74) is 11.7. The summed E-state index contributed by atoms with van der Waals surface area (Å²) in [7, 11) is 0. The molecule has 4 aromatic carbocycles. The highest BCUT2D eigenvalue weighted by molar-refractivity contribution is 5.27. The van der Waals surface area contributed by atoms with E-state index in [1.165, 1.54) is 186 Å². The number of aryl methyl sites for hydroxylation is 8. The number of ether oxygens (including phenoxy) is 2. The average Bonchev–Trinajstić information content (AvgIpc) is 3.64. The largest absolute Gasteiger partial charge is 0.382 e. The highest BCUT2D eigenvalue weighted by atomic mass is 16.5. The van der Waals surface area contributed by atoms with Gasteiger partial charge in [0.05, 0.1) is 0 Å². The van der Waals surface area contributed by atoms with Gasteiger partial charge >= 0.3 is 0 Å². The van der Waals surface area contributed by atoms with Crippen LogP contribution in [0.3, 0.4) is 0 Å². The lowest BCUT2D eigenvalue weighted by Crippen LogP contribution is -2.05. The zero-order valence-corrected chi connectivity index (χ0v) is 67.7. The second kappa shape index (κ2) is 78.5. The highest BCUT2D eigenvalue weighted by Gasteiger charge is 2.08. The van der Waals surface area contributed by atoms with Gasteiger partial charge in [0, 0.05) is 26.4 Å². The Labute approximate surface area is 582 Å². The quantitative estimate of drug-likeness (QED) is 0.0428. The predicted octanol–water partition coefficient (Wildman–Crippen LogP) is 29.7. The molecule has 0 fully saturated rings. The first kappa shape index (κ1) is 99.8. The van der Waals surface area contributed by atoms with Crippen molar-refractivity contribution >= 4 is 0 Å². The van der Waals surface area contributed by atoms with Crippen molar-refractivity contribution in [2.45, 2.75) is 367 Å². The number of hydrogen-bond donors (Lipinski definition) is 0. The zero-order chi connectivity index (χ0) is 71.0. The summed E-state index contributed by atoms with van der Waals surface area (Å²) < 4.78 is 10.5. The Morgan fingerprint density at radius 2 is 0.652 bits per heavy atom. The highest BCUT2D eigenvalue weighted by Crippen LogP contribution is 2.21. The Morgan fingerprint density at radius 3 is 0.935 bits per heavy atom. The first-order valence-corrected chi connectivity index (χ1v) is 39.6. The van der Waals surface area contributed by atoms with Crippen LogP contribution in [0.25, 0.3) is 0 Å². The molecule has 0 bridgehead atoms. The Morgan fingerprint density at radius 1 is 0.283 bits per heavy atom. The maximum atomic E-state index is 5.31. The van der Waals surface area contributed by atoms with Gasteiger partial charge in [-0.1, -0.05) is 386 Å². The van der Waals surface area contributed by atoms with Crippen LogP contribution < -0.4 is 0 Å². The molecule has 0 amide bonds. The molecule has 0 N–H and O–H groups in total. The molecule has 0 saturated heterocycles. The van der Waals surface area contributed by atoms with E-state index in [9.17, 15) is 0 Å².